The van der Waals surface area contributed by atoms with Crippen LogP contribution in [0, 0.1) is 0 Å². The highest BCUT2D eigenvalue weighted by molar-refractivity contribution is 6.30. The molecule has 3 aromatic rings. The van der Waals surface area contributed by atoms with E-state index in [4.69, 9.17) is 20.8 Å². The van der Waals surface area contributed by atoms with Crippen LogP contribution in [-0.2, 0) is 16.1 Å². The number of carbonyl (C=O) groups excluding carboxylic acids is 2. The Balaban J connectivity index is 1.40. The Labute approximate surface area is 167 Å². The number of halogens is 1. The molecule has 4 rings (SSSR count). The smallest absolute Gasteiger partial charge is 0.339 e. The maximum Gasteiger partial charge on any atom is 0.339 e. The van der Waals surface area contributed by atoms with Crippen LogP contribution in [0.15, 0.2) is 65.1 Å². The second-order valence-electron chi connectivity index (χ2n) is 6.71. The number of hydrogen-bond donors (Lipinski definition) is 0. The average Bonchev–Trinajstić information content (AvgIpc) is 3.28. The summed E-state index contributed by atoms with van der Waals surface area (Å²) in [5.41, 5.74) is 2.21. The average molecular weight is 396 g/mol. The fraction of sp³-hybridized carbons (Fsp3) is 0.182. The summed E-state index contributed by atoms with van der Waals surface area (Å²) < 4.78 is 11.2. The lowest BCUT2D eigenvalue weighted by Crippen LogP contribution is -2.27. The van der Waals surface area contributed by atoms with Crippen molar-refractivity contribution in [1.29, 1.82) is 0 Å². The summed E-state index contributed by atoms with van der Waals surface area (Å²) in [4.78, 5) is 26.1. The first-order chi connectivity index (χ1) is 13.5. The van der Waals surface area contributed by atoms with Crippen molar-refractivity contribution in [2.24, 2.45) is 0 Å². The fourth-order valence-electron chi connectivity index (χ4n) is 3.24. The van der Waals surface area contributed by atoms with Crippen molar-refractivity contribution in [3.05, 3.63) is 82.6 Å². The molecule has 2 aromatic carbocycles. The molecule has 2 heterocycles. The van der Waals surface area contributed by atoms with Gasteiger partial charge in [-0.2, -0.15) is 0 Å². The van der Waals surface area contributed by atoms with Crippen molar-refractivity contribution < 1.29 is 18.7 Å². The summed E-state index contributed by atoms with van der Waals surface area (Å²) in [6, 6.07) is 18.2. The molecular formula is C22H18ClNO4. The van der Waals surface area contributed by atoms with E-state index in [0.29, 0.717) is 28.7 Å². The summed E-state index contributed by atoms with van der Waals surface area (Å²) in [5, 5.41) is 0.662. The van der Waals surface area contributed by atoms with Crippen LogP contribution >= 0.6 is 11.6 Å². The minimum Gasteiger partial charge on any atom is -0.459 e. The number of nitrogens with zero attached hydrogens (tertiary/aromatic N) is 1. The Morgan fingerprint density at radius 1 is 1.07 bits per heavy atom. The van der Waals surface area contributed by atoms with Crippen molar-refractivity contribution in [2.75, 3.05) is 7.05 Å². The topological polar surface area (TPSA) is 59.8 Å². The molecule has 6 heteroatoms. The standard InChI is InChI=1S/C22H18ClNO4/c1-24(13-16-10-11-19(27-16)14-6-8-15(23)9-7-14)21(25)12-20-17-4-2-3-5-18(17)22(26)28-20/h2-11,20H,12-13H2,1H3/t20-/m0/s1. The maximum absolute atomic E-state index is 12.6. The van der Waals surface area contributed by atoms with Gasteiger partial charge in [0.1, 0.15) is 17.6 Å². The number of fused-ring (bicyclic) bond motifs is 1. The van der Waals surface area contributed by atoms with Crippen LogP contribution in [0.25, 0.3) is 11.3 Å². The third-order valence-electron chi connectivity index (χ3n) is 4.75. The molecule has 0 spiro atoms. The van der Waals surface area contributed by atoms with Gasteiger partial charge in [-0.15, -0.1) is 0 Å². The van der Waals surface area contributed by atoms with Gasteiger partial charge >= 0.3 is 5.97 Å². The third kappa shape index (κ3) is 3.66. The monoisotopic (exact) mass is 395 g/mol. The Bertz CT molecular complexity index is 1030. The molecule has 0 saturated carbocycles. The van der Waals surface area contributed by atoms with Gasteiger partial charge in [-0.25, -0.2) is 4.79 Å². The lowest BCUT2D eigenvalue weighted by Gasteiger charge is -2.18. The normalized spacial score (nSPS) is 15.2. The molecule has 0 saturated heterocycles. The van der Waals surface area contributed by atoms with Gasteiger partial charge in [-0.3, -0.25) is 4.79 Å². The van der Waals surface area contributed by atoms with Crippen LogP contribution in [0.2, 0.25) is 5.02 Å². The molecule has 0 aliphatic carbocycles. The second-order valence-corrected chi connectivity index (χ2v) is 7.14. The van der Waals surface area contributed by atoms with Gasteiger partial charge in [0.2, 0.25) is 5.91 Å². The molecule has 142 valence electrons. The Morgan fingerprint density at radius 2 is 1.82 bits per heavy atom. The summed E-state index contributed by atoms with van der Waals surface area (Å²) in [6.07, 6.45) is -0.441. The first-order valence-electron chi connectivity index (χ1n) is 8.90. The minimum atomic E-state index is -0.542. The van der Waals surface area contributed by atoms with E-state index in [0.717, 1.165) is 11.1 Å². The molecule has 1 aromatic heterocycles. The van der Waals surface area contributed by atoms with Gasteiger partial charge in [-0.1, -0.05) is 29.8 Å². The fourth-order valence-corrected chi connectivity index (χ4v) is 3.37. The molecule has 0 radical (unpaired) electrons. The molecule has 0 fully saturated rings. The van der Waals surface area contributed by atoms with Crippen molar-refractivity contribution in [2.45, 2.75) is 19.1 Å². The van der Waals surface area contributed by atoms with Gasteiger partial charge in [0.05, 0.1) is 18.5 Å². The molecule has 0 unspecified atom stereocenters. The van der Waals surface area contributed by atoms with E-state index in [-0.39, 0.29) is 18.3 Å². The van der Waals surface area contributed by atoms with Crippen molar-refractivity contribution in [3.63, 3.8) is 0 Å². The van der Waals surface area contributed by atoms with Gasteiger partial charge < -0.3 is 14.1 Å². The summed E-state index contributed by atoms with van der Waals surface area (Å²) in [5.74, 6) is 0.879. The van der Waals surface area contributed by atoms with Crippen LogP contribution in [-0.4, -0.2) is 23.8 Å². The van der Waals surface area contributed by atoms with Gasteiger partial charge in [0.15, 0.2) is 0 Å². The van der Waals surface area contributed by atoms with E-state index >= 15 is 0 Å². The van der Waals surface area contributed by atoms with E-state index in [9.17, 15) is 9.59 Å². The predicted octanol–water partition coefficient (Wildman–Crippen LogP) is 4.86. The number of benzene rings is 2. The van der Waals surface area contributed by atoms with E-state index < -0.39 is 6.10 Å². The molecule has 5 nitrogen and oxygen atoms in total. The number of esters is 1. The zero-order valence-electron chi connectivity index (χ0n) is 15.2. The molecule has 28 heavy (non-hydrogen) atoms. The molecule has 1 aliphatic rings. The minimum absolute atomic E-state index is 0.101. The third-order valence-corrected chi connectivity index (χ3v) is 5.00. The van der Waals surface area contributed by atoms with Crippen LogP contribution in [0.5, 0.6) is 0 Å². The van der Waals surface area contributed by atoms with Crippen molar-refractivity contribution in [1.82, 2.24) is 4.90 Å². The van der Waals surface area contributed by atoms with Gasteiger partial charge in [0.25, 0.3) is 0 Å². The number of ether oxygens (including phenoxy) is 1. The number of cyclic esters (lactones) is 1. The Morgan fingerprint density at radius 3 is 2.61 bits per heavy atom. The molecule has 0 bridgehead atoms. The number of carbonyl (C=O) groups is 2. The highest BCUT2D eigenvalue weighted by atomic mass is 35.5. The van der Waals surface area contributed by atoms with Crippen LogP contribution < -0.4 is 0 Å². The van der Waals surface area contributed by atoms with Crippen LogP contribution in [0.4, 0.5) is 0 Å². The lowest BCUT2D eigenvalue weighted by molar-refractivity contribution is -0.132. The zero-order chi connectivity index (χ0) is 19.7. The highest BCUT2D eigenvalue weighted by Gasteiger charge is 2.32. The van der Waals surface area contributed by atoms with E-state index in [1.54, 1.807) is 36.2 Å². The van der Waals surface area contributed by atoms with Crippen LogP contribution in [0.1, 0.15) is 34.2 Å². The van der Waals surface area contributed by atoms with Crippen molar-refractivity contribution in [3.8, 4) is 11.3 Å². The van der Waals surface area contributed by atoms with Crippen molar-refractivity contribution >= 4 is 23.5 Å². The Kier molecular flexibility index (Phi) is 4.92. The number of amides is 1. The largest absolute Gasteiger partial charge is 0.459 e. The van der Waals surface area contributed by atoms with E-state index in [2.05, 4.69) is 0 Å². The lowest BCUT2D eigenvalue weighted by atomic mass is 10.0. The maximum atomic E-state index is 12.6. The van der Waals surface area contributed by atoms with E-state index in [1.165, 1.54) is 0 Å². The molecular weight excluding hydrogens is 378 g/mol. The summed E-state index contributed by atoms with van der Waals surface area (Å²) >= 11 is 5.91. The molecule has 1 aliphatic heterocycles. The highest BCUT2D eigenvalue weighted by Crippen LogP contribution is 2.33. The molecule has 1 atom stereocenters. The van der Waals surface area contributed by atoms with Gasteiger partial charge in [-0.05, 0) is 42.5 Å². The van der Waals surface area contributed by atoms with E-state index in [1.807, 2.05) is 36.4 Å². The molecule has 1 amide bonds. The Hall–Kier alpha value is -3.05. The quantitative estimate of drug-likeness (QED) is 0.579. The summed E-state index contributed by atoms with van der Waals surface area (Å²) in [6.45, 7) is 0.328. The second kappa shape index (κ2) is 7.52. The molecule has 0 N–H and O–H groups in total. The summed E-state index contributed by atoms with van der Waals surface area (Å²) in [7, 11) is 1.70. The number of hydrogen-bond acceptors (Lipinski definition) is 4. The van der Waals surface area contributed by atoms with Gasteiger partial charge in [0, 0.05) is 23.2 Å². The SMILES string of the molecule is CN(Cc1ccc(-c2ccc(Cl)cc2)o1)C(=O)C[C@@H]1OC(=O)c2ccccc21. The first kappa shape index (κ1) is 18.3. The first-order valence-corrected chi connectivity index (χ1v) is 9.27. The number of furan rings is 1. The zero-order valence-corrected chi connectivity index (χ0v) is 16.0. The predicted molar refractivity (Wildman–Crippen MR) is 105 cm³/mol. The van der Waals surface area contributed by atoms with Crippen LogP contribution in [0.3, 0.4) is 0 Å². The number of rotatable bonds is 5.